The van der Waals surface area contributed by atoms with Crippen LogP contribution in [0, 0.1) is 0 Å². The molecule has 218 valence electrons. The van der Waals surface area contributed by atoms with E-state index in [1.54, 1.807) is 0 Å². The summed E-state index contributed by atoms with van der Waals surface area (Å²) in [6, 6.07) is 52.7. The summed E-state index contributed by atoms with van der Waals surface area (Å²) >= 11 is 0. The molecule has 0 spiro atoms. The maximum atomic E-state index is 6.54. The number of rotatable bonds is 4. The molecular formula is C43H25N3O. The van der Waals surface area contributed by atoms with Gasteiger partial charge in [0.25, 0.3) is 0 Å². The Morgan fingerprint density at radius 1 is 0.340 bits per heavy atom. The van der Waals surface area contributed by atoms with Crippen molar-refractivity contribution >= 4 is 54.3 Å². The molecule has 0 bridgehead atoms. The molecule has 0 aliphatic heterocycles. The number of hydrogen-bond donors (Lipinski definition) is 0. The third-order valence-corrected chi connectivity index (χ3v) is 9.24. The molecule has 47 heavy (non-hydrogen) atoms. The van der Waals surface area contributed by atoms with Crippen LogP contribution in [0.4, 0.5) is 0 Å². The van der Waals surface area contributed by atoms with E-state index in [0.717, 1.165) is 44.4 Å². The minimum Gasteiger partial charge on any atom is -0.455 e. The molecule has 4 heteroatoms. The van der Waals surface area contributed by atoms with E-state index >= 15 is 0 Å². The van der Waals surface area contributed by atoms with Crippen LogP contribution in [0.5, 0.6) is 0 Å². The Bertz CT molecular complexity index is 2730. The topological polar surface area (TPSA) is 51.8 Å². The third kappa shape index (κ3) is 4.05. The van der Waals surface area contributed by atoms with Crippen molar-refractivity contribution in [2.75, 3.05) is 0 Å². The largest absolute Gasteiger partial charge is 0.455 e. The van der Waals surface area contributed by atoms with E-state index in [1.165, 1.54) is 37.7 Å². The molecule has 0 saturated heterocycles. The first-order valence-electron chi connectivity index (χ1n) is 15.8. The molecule has 0 N–H and O–H groups in total. The number of hydrogen-bond acceptors (Lipinski definition) is 4. The monoisotopic (exact) mass is 599 g/mol. The van der Waals surface area contributed by atoms with Gasteiger partial charge in [0.2, 0.25) is 0 Å². The van der Waals surface area contributed by atoms with Crippen LogP contribution < -0.4 is 0 Å². The zero-order valence-electron chi connectivity index (χ0n) is 25.2. The number of benzene rings is 8. The molecule has 2 aromatic heterocycles. The lowest BCUT2D eigenvalue weighted by molar-refractivity contribution is 0.673. The van der Waals surface area contributed by atoms with E-state index in [-0.39, 0.29) is 0 Å². The predicted octanol–water partition coefficient (Wildman–Crippen LogP) is 11.3. The summed E-state index contributed by atoms with van der Waals surface area (Å²) in [5, 5.41) is 9.58. The zero-order chi connectivity index (χ0) is 30.9. The summed E-state index contributed by atoms with van der Waals surface area (Å²) in [6.45, 7) is 0. The van der Waals surface area contributed by atoms with Gasteiger partial charge in [-0.05, 0) is 62.3 Å². The lowest BCUT2D eigenvalue weighted by Gasteiger charge is -2.12. The normalized spacial score (nSPS) is 11.8. The number of furan rings is 1. The molecule has 4 nitrogen and oxygen atoms in total. The Morgan fingerprint density at radius 3 is 1.70 bits per heavy atom. The maximum absolute atomic E-state index is 6.54. The van der Waals surface area contributed by atoms with Gasteiger partial charge in [0.1, 0.15) is 11.2 Å². The van der Waals surface area contributed by atoms with E-state index in [2.05, 4.69) is 91.0 Å². The first-order valence-corrected chi connectivity index (χ1v) is 15.8. The van der Waals surface area contributed by atoms with Gasteiger partial charge >= 0.3 is 0 Å². The highest BCUT2D eigenvalue weighted by Crippen LogP contribution is 2.46. The highest BCUT2D eigenvalue weighted by Gasteiger charge is 2.20. The maximum Gasteiger partial charge on any atom is 0.164 e. The van der Waals surface area contributed by atoms with Crippen molar-refractivity contribution in [2.45, 2.75) is 0 Å². The van der Waals surface area contributed by atoms with Crippen LogP contribution in [-0.2, 0) is 0 Å². The van der Waals surface area contributed by atoms with E-state index in [4.69, 9.17) is 19.4 Å². The van der Waals surface area contributed by atoms with Gasteiger partial charge < -0.3 is 4.42 Å². The SMILES string of the molecule is c1ccc(-c2nc(-c3ccccc3)nc(-c3cccc(-c4ccc5c(c4)c4cccc6oc7c8ccccc8cc5c7c64)c3)n2)cc1. The van der Waals surface area contributed by atoms with Crippen molar-refractivity contribution < 1.29 is 4.42 Å². The predicted molar refractivity (Wildman–Crippen MR) is 193 cm³/mol. The van der Waals surface area contributed by atoms with Crippen LogP contribution in [0.3, 0.4) is 0 Å². The Morgan fingerprint density at radius 2 is 0.936 bits per heavy atom. The smallest absolute Gasteiger partial charge is 0.164 e. The molecule has 8 aromatic carbocycles. The van der Waals surface area contributed by atoms with Gasteiger partial charge in [-0.25, -0.2) is 15.0 Å². The molecule has 0 unspecified atom stereocenters. The van der Waals surface area contributed by atoms with Gasteiger partial charge in [-0.2, -0.15) is 0 Å². The van der Waals surface area contributed by atoms with Crippen LogP contribution in [0.2, 0.25) is 0 Å². The number of nitrogens with zero attached hydrogens (tertiary/aromatic N) is 3. The van der Waals surface area contributed by atoms with Crippen LogP contribution in [0.15, 0.2) is 156 Å². The summed E-state index contributed by atoms with van der Waals surface area (Å²) in [4.78, 5) is 14.8. The summed E-state index contributed by atoms with van der Waals surface area (Å²) in [7, 11) is 0. The van der Waals surface area contributed by atoms with Crippen molar-refractivity contribution in [2.24, 2.45) is 0 Å². The first kappa shape index (κ1) is 25.9. The second-order valence-electron chi connectivity index (χ2n) is 12.0. The lowest BCUT2D eigenvalue weighted by atomic mass is 9.90. The summed E-state index contributed by atoms with van der Waals surface area (Å²) in [6.07, 6.45) is 0. The van der Waals surface area contributed by atoms with Crippen LogP contribution in [-0.4, -0.2) is 15.0 Å². The zero-order valence-corrected chi connectivity index (χ0v) is 25.2. The molecule has 10 aromatic rings. The van der Waals surface area contributed by atoms with Gasteiger partial charge in [0, 0.05) is 32.8 Å². The fraction of sp³-hybridized carbons (Fsp3) is 0. The molecule has 0 amide bonds. The van der Waals surface area contributed by atoms with Crippen molar-refractivity contribution in [3.63, 3.8) is 0 Å². The molecule has 0 radical (unpaired) electrons. The Kier molecular flexibility index (Phi) is 5.54. The summed E-state index contributed by atoms with van der Waals surface area (Å²) < 4.78 is 6.54. The molecule has 0 fully saturated rings. The Balaban J connectivity index is 1.16. The second-order valence-corrected chi connectivity index (χ2v) is 12.0. The van der Waals surface area contributed by atoms with Crippen molar-refractivity contribution in [3.05, 3.63) is 152 Å². The standard InChI is InChI=1S/C43H25N3O/c1-3-11-26(12-4-1)41-44-42(27-13-5-2-6-14-27)46-43(45-41)31-17-9-16-28(23-31)29-21-22-33-35(24-29)34-19-10-20-37-38(34)39-36(33)25-30-15-7-8-18-32(30)40(39)47-37/h1-25H. The van der Waals surface area contributed by atoms with Crippen molar-refractivity contribution in [1.29, 1.82) is 0 Å². The minimum atomic E-state index is 0.642. The third-order valence-electron chi connectivity index (χ3n) is 9.24. The minimum absolute atomic E-state index is 0.642. The van der Waals surface area contributed by atoms with Gasteiger partial charge in [-0.1, -0.05) is 127 Å². The van der Waals surface area contributed by atoms with E-state index in [1.807, 2.05) is 60.7 Å². The van der Waals surface area contributed by atoms with E-state index < -0.39 is 0 Å². The van der Waals surface area contributed by atoms with Gasteiger partial charge in [-0.15, -0.1) is 0 Å². The van der Waals surface area contributed by atoms with E-state index in [9.17, 15) is 0 Å². The molecule has 0 atom stereocenters. The van der Waals surface area contributed by atoms with E-state index in [0.29, 0.717) is 17.5 Å². The van der Waals surface area contributed by atoms with Gasteiger partial charge in [-0.3, -0.25) is 0 Å². The summed E-state index contributed by atoms with van der Waals surface area (Å²) in [5.41, 5.74) is 6.96. The van der Waals surface area contributed by atoms with Gasteiger partial charge in [0.15, 0.2) is 17.5 Å². The van der Waals surface area contributed by atoms with Gasteiger partial charge in [0.05, 0.1) is 0 Å². The number of aromatic nitrogens is 3. The Hall–Kier alpha value is -6.39. The van der Waals surface area contributed by atoms with Crippen molar-refractivity contribution in [1.82, 2.24) is 15.0 Å². The second kappa shape index (κ2) is 10.1. The molecule has 10 rings (SSSR count). The fourth-order valence-electron chi connectivity index (χ4n) is 7.05. The average molecular weight is 600 g/mol. The molecule has 2 heterocycles. The molecule has 0 aliphatic carbocycles. The average Bonchev–Trinajstić information content (AvgIpc) is 3.55. The van der Waals surface area contributed by atoms with Crippen LogP contribution in [0.25, 0.3) is 99.5 Å². The molecule has 0 saturated carbocycles. The first-order chi connectivity index (χ1) is 23.3. The fourth-order valence-corrected chi connectivity index (χ4v) is 7.05. The highest BCUT2D eigenvalue weighted by molar-refractivity contribution is 6.36. The Labute approximate surface area is 270 Å². The van der Waals surface area contributed by atoms with Crippen molar-refractivity contribution in [3.8, 4) is 45.3 Å². The lowest BCUT2D eigenvalue weighted by Crippen LogP contribution is -2.00. The molecular weight excluding hydrogens is 574 g/mol. The summed E-state index contributed by atoms with van der Waals surface area (Å²) in [5.74, 6) is 1.95. The van der Waals surface area contributed by atoms with Crippen LogP contribution >= 0.6 is 0 Å². The highest BCUT2D eigenvalue weighted by atomic mass is 16.3. The molecule has 0 aliphatic rings. The van der Waals surface area contributed by atoms with Crippen LogP contribution in [0.1, 0.15) is 0 Å². The number of fused-ring (bicyclic) bond motifs is 5. The quantitative estimate of drug-likeness (QED) is 0.149.